The Hall–Kier alpha value is -3.07. The van der Waals surface area contributed by atoms with Crippen LogP contribution in [-0.4, -0.2) is 21.0 Å². The highest BCUT2D eigenvalue weighted by Gasteiger charge is 2.35. The lowest BCUT2D eigenvalue weighted by atomic mass is 10.2. The van der Waals surface area contributed by atoms with Crippen LogP contribution in [0.25, 0.3) is 17.4 Å². The summed E-state index contributed by atoms with van der Waals surface area (Å²) >= 11 is 13.1. The second-order valence-electron chi connectivity index (χ2n) is 6.49. The number of hydrogen-bond donors (Lipinski definition) is 0. The van der Waals surface area contributed by atoms with Gasteiger partial charge in [-0.05, 0) is 41.6 Å². The summed E-state index contributed by atoms with van der Waals surface area (Å²) in [6.07, 6.45) is 1.49. The number of amides is 2. The van der Waals surface area contributed by atoms with E-state index >= 15 is 0 Å². The molecule has 2 aromatic carbocycles. The normalized spacial score (nSPS) is 15.2. The van der Waals surface area contributed by atoms with Crippen LogP contribution in [0, 0.1) is 10.1 Å². The van der Waals surface area contributed by atoms with Gasteiger partial charge in [-0.15, -0.1) is 0 Å². The van der Waals surface area contributed by atoms with E-state index < -0.39 is 16.1 Å². The molecule has 0 bridgehead atoms. The number of non-ortho nitro benzene ring substituents is 1. The minimum atomic E-state index is -0.513. The van der Waals surface area contributed by atoms with Gasteiger partial charge in [-0.25, -0.2) is 0 Å². The van der Waals surface area contributed by atoms with E-state index in [1.807, 2.05) is 0 Å². The Balaban J connectivity index is 1.53. The smallest absolute Gasteiger partial charge is 0.293 e. The van der Waals surface area contributed by atoms with E-state index in [2.05, 4.69) is 0 Å². The number of rotatable bonds is 5. The molecule has 0 saturated carbocycles. The van der Waals surface area contributed by atoms with Crippen LogP contribution in [-0.2, 0) is 11.3 Å². The number of nitrogens with zero attached hydrogens (tertiary/aromatic N) is 2. The predicted octanol–water partition coefficient (Wildman–Crippen LogP) is 6.40. The highest BCUT2D eigenvalue weighted by atomic mass is 35.5. The first kappa shape index (κ1) is 21.2. The van der Waals surface area contributed by atoms with Crippen molar-refractivity contribution in [3.05, 3.63) is 91.0 Å². The van der Waals surface area contributed by atoms with Crippen LogP contribution in [0.15, 0.2) is 63.9 Å². The quantitative estimate of drug-likeness (QED) is 0.241. The molecule has 0 atom stereocenters. The van der Waals surface area contributed by atoms with Crippen LogP contribution in [0.3, 0.4) is 0 Å². The molecule has 156 valence electrons. The first-order valence-corrected chi connectivity index (χ1v) is 10.4. The van der Waals surface area contributed by atoms with E-state index in [1.165, 1.54) is 30.3 Å². The topological polar surface area (TPSA) is 93.7 Å². The van der Waals surface area contributed by atoms with Crippen molar-refractivity contribution in [3.8, 4) is 11.3 Å². The summed E-state index contributed by atoms with van der Waals surface area (Å²) in [5.41, 5.74) is 1.15. The molecule has 1 saturated heterocycles. The van der Waals surface area contributed by atoms with Crippen molar-refractivity contribution in [1.29, 1.82) is 0 Å². The molecular formula is C21H12Cl2N2O5S. The van der Waals surface area contributed by atoms with E-state index in [0.29, 0.717) is 32.7 Å². The van der Waals surface area contributed by atoms with Gasteiger partial charge in [0.2, 0.25) is 0 Å². The Kier molecular flexibility index (Phi) is 5.86. The number of furan rings is 1. The summed E-state index contributed by atoms with van der Waals surface area (Å²) in [5, 5.41) is 11.1. The number of halogens is 2. The standard InChI is InChI=1S/C21H12Cl2N2O5S/c22-16-3-1-2-15(19(16)23)17-9-8-14(30-17)10-18-20(26)24(21(27)31-18)11-12-4-6-13(7-5-12)25(28)29/h1-10H,11H2/b18-10+. The van der Waals surface area contributed by atoms with Crippen molar-refractivity contribution < 1.29 is 18.9 Å². The summed E-state index contributed by atoms with van der Waals surface area (Å²) in [7, 11) is 0. The Morgan fingerprint density at radius 2 is 1.81 bits per heavy atom. The molecule has 0 radical (unpaired) electrons. The van der Waals surface area contributed by atoms with Gasteiger partial charge in [0, 0.05) is 23.8 Å². The zero-order valence-corrected chi connectivity index (χ0v) is 17.9. The molecule has 1 aromatic heterocycles. The third-order valence-electron chi connectivity index (χ3n) is 4.48. The second kappa shape index (κ2) is 8.58. The van der Waals surface area contributed by atoms with Crippen molar-refractivity contribution in [2.45, 2.75) is 6.54 Å². The second-order valence-corrected chi connectivity index (χ2v) is 8.27. The Bertz CT molecular complexity index is 1240. The van der Waals surface area contributed by atoms with Crippen LogP contribution in [0.4, 0.5) is 10.5 Å². The van der Waals surface area contributed by atoms with E-state index in [1.54, 1.807) is 30.3 Å². The zero-order valence-electron chi connectivity index (χ0n) is 15.6. The minimum Gasteiger partial charge on any atom is -0.457 e. The molecule has 1 fully saturated rings. The fraction of sp³-hybridized carbons (Fsp3) is 0.0476. The van der Waals surface area contributed by atoms with Crippen LogP contribution in [0.2, 0.25) is 10.0 Å². The third-order valence-corrected chi connectivity index (χ3v) is 6.20. The number of nitro groups is 1. The molecule has 3 aromatic rings. The molecule has 2 heterocycles. The van der Waals surface area contributed by atoms with E-state index in [4.69, 9.17) is 27.6 Å². The van der Waals surface area contributed by atoms with Crippen molar-refractivity contribution in [2.24, 2.45) is 0 Å². The predicted molar refractivity (Wildman–Crippen MR) is 119 cm³/mol. The highest BCUT2D eigenvalue weighted by Crippen LogP contribution is 2.37. The van der Waals surface area contributed by atoms with Crippen LogP contribution < -0.4 is 0 Å². The van der Waals surface area contributed by atoms with Gasteiger partial charge in [-0.1, -0.05) is 41.4 Å². The number of carbonyl (C=O) groups is 2. The van der Waals surface area contributed by atoms with Crippen molar-refractivity contribution >= 4 is 57.9 Å². The van der Waals surface area contributed by atoms with Gasteiger partial charge >= 0.3 is 0 Å². The summed E-state index contributed by atoms with van der Waals surface area (Å²) < 4.78 is 5.76. The Morgan fingerprint density at radius 1 is 1.06 bits per heavy atom. The number of hydrogen-bond acceptors (Lipinski definition) is 6. The van der Waals surface area contributed by atoms with Crippen molar-refractivity contribution in [3.63, 3.8) is 0 Å². The highest BCUT2D eigenvalue weighted by molar-refractivity contribution is 8.18. The van der Waals surface area contributed by atoms with Crippen LogP contribution in [0.1, 0.15) is 11.3 Å². The summed E-state index contributed by atoms with van der Waals surface area (Å²) in [6.45, 7) is 0.0154. The molecule has 2 amide bonds. The lowest BCUT2D eigenvalue weighted by molar-refractivity contribution is -0.384. The molecule has 1 aliphatic heterocycles. The Labute approximate surface area is 190 Å². The lowest BCUT2D eigenvalue weighted by Crippen LogP contribution is -2.27. The average Bonchev–Trinajstić information content (AvgIpc) is 3.31. The number of nitro benzene ring substituents is 1. The van der Waals surface area contributed by atoms with Gasteiger partial charge in [0.1, 0.15) is 11.5 Å². The van der Waals surface area contributed by atoms with Gasteiger partial charge in [-0.3, -0.25) is 24.6 Å². The number of imide groups is 1. The fourth-order valence-corrected chi connectivity index (χ4v) is 4.15. The molecular weight excluding hydrogens is 463 g/mol. The van der Waals surface area contributed by atoms with Gasteiger partial charge in [-0.2, -0.15) is 0 Å². The monoisotopic (exact) mass is 474 g/mol. The van der Waals surface area contributed by atoms with Crippen LogP contribution >= 0.6 is 35.0 Å². The summed E-state index contributed by atoms with van der Waals surface area (Å²) in [6, 6.07) is 14.2. The maximum atomic E-state index is 12.7. The summed E-state index contributed by atoms with van der Waals surface area (Å²) in [5.74, 6) is 0.392. The molecule has 0 N–H and O–H groups in total. The number of benzene rings is 2. The maximum absolute atomic E-state index is 12.7. The number of carbonyl (C=O) groups excluding carboxylic acids is 2. The van der Waals surface area contributed by atoms with E-state index in [-0.39, 0.29) is 17.1 Å². The van der Waals surface area contributed by atoms with Gasteiger partial charge in [0.05, 0.1) is 26.4 Å². The SMILES string of the molecule is O=C1S/C(=C/c2ccc(-c3cccc(Cl)c3Cl)o2)C(=O)N1Cc1ccc([N+](=O)[O-])cc1. The average molecular weight is 475 g/mol. The van der Waals surface area contributed by atoms with E-state index in [9.17, 15) is 19.7 Å². The van der Waals surface area contributed by atoms with E-state index in [0.717, 1.165) is 16.7 Å². The van der Waals surface area contributed by atoms with Crippen molar-refractivity contribution in [1.82, 2.24) is 4.90 Å². The molecule has 1 aliphatic rings. The van der Waals surface area contributed by atoms with Gasteiger partial charge in [0.15, 0.2) is 0 Å². The molecule has 0 spiro atoms. The molecule has 7 nitrogen and oxygen atoms in total. The Morgan fingerprint density at radius 3 is 2.52 bits per heavy atom. The lowest BCUT2D eigenvalue weighted by Gasteiger charge is -2.12. The molecule has 0 aliphatic carbocycles. The zero-order chi connectivity index (χ0) is 22.1. The minimum absolute atomic E-state index is 0.0154. The summed E-state index contributed by atoms with van der Waals surface area (Å²) in [4.78, 5) is 36.6. The van der Waals surface area contributed by atoms with Gasteiger partial charge in [0.25, 0.3) is 16.8 Å². The molecule has 31 heavy (non-hydrogen) atoms. The number of thioether (sulfide) groups is 1. The third kappa shape index (κ3) is 4.36. The maximum Gasteiger partial charge on any atom is 0.293 e. The fourth-order valence-electron chi connectivity index (χ4n) is 2.94. The molecule has 10 heteroatoms. The molecule has 4 rings (SSSR count). The van der Waals surface area contributed by atoms with Gasteiger partial charge < -0.3 is 4.42 Å². The first-order chi connectivity index (χ1) is 14.8. The van der Waals surface area contributed by atoms with Crippen LogP contribution in [0.5, 0.6) is 0 Å². The molecule has 0 unspecified atom stereocenters. The largest absolute Gasteiger partial charge is 0.457 e. The van der Waals surface area contributed by atoms with Crippen molar-refractivity contribution in [2.75, 3.05) is 0 Å². The first-order valence-electron chi connectivity index (χ1n) is 8.86.